The zero-order valence-electron chi connectivity index (χ0n) is 10.8. The molecular formula is C14H8F4O3S. The number of sulfone groups is 1. The molecule has 0 spiro atoms. The van der Waals surface area contributed by atoms with E-state index in [1.54, 1.807) is 0 Å². The summed E-state index contributed by atoms with van der Waals surface area (Å²) in [6, 6.07) is 5.75. The van der Waals surface area contributed by atoms with Gasteiger partial charge in [0.05, 0.1) is 20.9 Å². The Morgan fingerprint density at radius 1 is 0.955 bits per heavy atom. The Balaban J connectivity index is 2.57. The Morgan fingerprint density at radius 2 is 1.55 bits per heavy atom. The Bertz CT molecular complexity index is 809. The predicted octanol–water partition coefficient (Wildman–Crippen LogP) is 3.49. The van der Waals surface area contributed by atoms with Crippen molar-refractivity contribution in [2.45, 2.75) is 16.0 Å². The zero-order chi connectivity index (χ0) is 16.5. The highest BCUT2D eigenvalue weighted by Crippen LogP contribution is 2.31. The molecule has 0 N–H and O–H groups in total. The lowest BCUT2D eigenvalue weighted by Gasteiger charge is -2.10. The van der Waals surface area contributed by atoms with Gasteiger partial charge in [-0.1, -0.05) is 6.07 Å². The Morgan fingerprint density at radius 3 is 2.05 bits per heavy atom. The molecule has 0 aliphatic rings. The van der Waals surface area contributed by atoms with E-state index in [1.165, 1.54) is 0 Å². The van der Waals surface area contributed by atoms with E-state index >= 15 is 0 Å². The molecule has 0 aliphatic heterocycles. The number of hydrogen-bond donors (Lipinski definition) is 0. The van der Waals surface area contributed by atoms with Crippen LogP contribution in [0.1, 0.15) is 15.9 Å². The molecule has 3 nitrogen and oxygen atoms in total. The summed E-state index contributed by atoms with van der Waals surface area (Å²) in [4.78, 5) is 9.80. The van der Waals surface area contributed by atoms with E-state index in [0.717, 1.165) is 30.3 Å². The monoisotopic (exact) mass is 332 g/mol. The fourth-order valence-corrected chi connectivity index (χ4v) is 3.26. The first-order valence-corrected chi connectivity index (χ1v) is 7.32. The quantitative estimate of drug-likeness (QED) is 0.639. The highest BCUT2D eigenvalue weighted by atomic mass is 32.2. The fourth-order valence-electron chi connectivity index (χ4n) is 1.82. The molecule has 116 valence electrons. The first-order chi connectivity index (χ1) is 10.2. The number of carbonyl (C=O) groups is 1. The third kappa shape index (κ3) is 2.87. The Hall–Kier alpha value is -2.22. The maximum Gasteiger partial charge on any atom is 0.416 e. The summed E-state index contributed by atoms with van der Waals surface area (Å²) in [5.41, 5.74) is -1.68. The molecule has 0 bridgehead atoms. The van der Waals surface area contributed by atoms with Crippen LogP contribution < -0.4 is 0 Å². The van der Waals surface area contributed by atoms with Crippen molar-refractivity contribution in [3.05, 3.63) is 59.4 Å². The summed E-state index contributed by atoms with van der Waals surface area (Å²) >= 11 is 0. The Labute approximate surface area is 123 Å². The van der Waals surface area contributed by atoms with Crippen LogP contribution in [-0.2, 0) is 16.0 Å². The second-order valence-electron chi connectivity index (χ2n) is 4.30. The molecule has 8 heteroatoms. The molecule has 0 heterocycles. The van der Waals surface area contributed by atoms with Gasteiger partial charge in [-0.25, -0.2) is 12.8 Å². The van der Waals surface area contributed by atoms with E-state index in [1.807, 2.05) is 0 Å². The van der Waals surface area contributed by atoms with Crippen molar-refractivity contribution >= 4 is 16.1 Å². The molecule has 2 aromatic carbocycles. The van der Waals surface area contributed by atoms with Crippen LogP contribution in [0.3, 0.4) is 0 Å². The molecule has 0 fully saturated rings. The minimum atomic E-state index is -4.60. The van der Waals surface area contributed by atoms with Crippen LogP contribution in [-0.4, -0.2) is 14.7 Å². The van der Waals surface area contributed by atoms with Crippen LogP contribution in [0.15, 0.2) is 52.3 Å². The number of alkyl halides is 3. The smallest absolute Gasteiger partial charge is 0.298 e. The van der Waals surface area contributed by atoms with Gasteiger partial charge in [0.15, 0.2) is 6.29 Å². The number of rotatable bonds is 3. The van der Waals surface area contributed by atoms with Gasteiger partial charge in [-0.2, -0.15) is 13.2 Å². The first kappa shape index (κ1) is 16.2. The molecule has 0 saturated carbocycles. The van der Waals surface area contributed by atoms with Crippen molar-refractivity contribution in [2.24, 2.45) is 0 Å². The second-order valence-corrected chi connectivity index (χ2v) is 6.21. The number of benzene rings is 2. The standard InChI is InChI=1S/C14H8F4O3S/c15-12-2-1-3-13(11(12)8-19)22(20,21)10-6-4-9(5-7-10)14(16,17)18/h1-8H. The van der Waals surface area contributed by atoms with Crippen molar-refractivity contribution in [2.75, 3.05) is 0 Å². The van der Waals surface area contributed by atoms with Gasteiger partial charge in [-0.3, -0.25) is 4.79 Å². The van der Waals surface area contributed by atoms with Gasteiger partial charge >= 0.3 is 6.18 Å². The summed E-state index contributed by atoms with van der Waals surface area (Å²) in [5, 5.41) is 0. The highest BCUT2D eigenvalue weighted by Gasteiger charge is 2.31. The van der Waals surface area contributed by atoms with E-state index in [-0.39, 0.29) is 6.29 Å². The number of hydrogen-bond acceptors (Lipinski definition) is 3. The third-order valence-electron chi connectivity index (χ3n) is 2.91. The van der Waals surface area contributed by atoms with Gasteiger partial charge in [0.25, 0.3) is 0 Å². The van der Waals surface area contributed by atoms with Gasteiger partial charge in [0.1, 0.15) is 5.82 Å². The normalized spacial score (nSPS) is 12.2. The number of aldehydes is 1. The van der Waals surface area contributed by atoms with E-state index < -0.39 is 42.7 Å². The second kappa shape index (κ2) is 5.53. The summed E-state index contributed by atoms with van der Waals surface area (Å²) in [5.74, 6) is -1.03. The maximum absolute atomic E-state index is 13.5. The summed E-state index contributed by atoms with van der Waals surface area (Å²) in [7, 11) is -4.31. The summed E-state index contributed by atoms with van der Waals surface area (Å²) in [6.45, 7) is 0. The molecule has 2 rings (SSSR count). The average molecular weight is 332 g/mol. The van der Waals surface area contributed by atoms with Crippen molar-refractivity contribution in [3.63, 3.8) is 0 Å². The zero-order valence-corrected chi connectivity index (χ0v) is 11.6. The largest absolute Gasteiger partial charge is 0.416 e. The lowest BCUT2D eigenvalue weighted by Crippen LogP contribution is -2.09. The maximum atomic E-state index is 13.5. The SMILES string of the molecule is O=Cc1c(F)cccc1S(=O)(=O)c1ccc(C(F)(F)F)cc1. The highest BCUT2D eigenvalue weighted by molar-refractivity contribution is 7.91. The van der Waals surface area contributed by atoms with Gasteiger partial charge in [-0.05, 0) is 36.4 Å². The fraction of sp³-hybridized carbons (Fsp3) is 0.0714. The lowest BCUT2D eigenvalue weighted by molar-refractivity contribution is -0.137. The Kier molecular flexibility index (Phi) is 4.06. The van der Waals surface area contributed by atoms with Crippen molar-refractivity contribution in [1.82, 2.24) is 0 Å². The average Bonchev–Trinajstić information content (AvgIpc) is 2.46. The molecule has 0 aliphatic carbocycles. The first-order valence-electron chi connectivity index (χ1n) is 5.84. The van der Waals surface area contributed by atoms with Crippen molar-refractivity contribution in [1.29, 1.82) is 0 Å². The van der Waals surface area contributed by atoms with E-state index in [4.69, 9.17) is 0 Å². The minimum absolute atomic E-state index is 0.0479. The topological polar surface area (TPSA) is 51.2 Å². The number of carbonyl (C=O) groups excluding carboxylic acids is 1. The van der Waals surface area contributed by atoms with Crippen LogP contribution in [0.5, 0.6) is 0 Å². The summed E-state index contributed by atoms with van der Waals surface area (Å²) < 4.78 is 75.5. The number of halogens is 4. The molecule has 2 aromatic rings. The van der Waals surface area contributed by atoms with Gasteiger partial charge < -0.3 is 0 Å². The van der Waals surface area contributed by atoms with Gasteiger partial charge in [-0.15, -0.1) is 0 Å². The van der Waals surface area contributed by atoms with Gasteiger partial charge in [0.2, 0.25) is 9.84 Å². The third-order valence-corrected chi connectivity index (χ3v) is 4.74. The lowest BCUT2D eigenvalue weighted by atomic mass is 10.2. The molecule has 22 heavy (non-hydrogen) atoms. The van der Waals surface area contributed by atoms with Crippen LogP contribution in [0.4, 0.5) is 17.6 Å². The van der Waals surface area contributed by atoms with Crippen molar-refractivity contribution in [3.8, 4) is 0 Å². The van der Waals surface area contributed by atoms with Crippen LogP contribution in [0, 0.1) is 5.82 Å². The molecule has 0 radical (unpaired) electrons. The minimum Gasteiger partial charge on any atom is -0.298 e. The molecule has 0 aromatic heterocycles. The van der Waals surface area contributed by atoms with Crippen LogP contribution >= 0.6 is 0 Å². The predicted molar refractivity (Wildman–Crippen MR) is 68.7 cm³/mol. The van der Waals surface area contributed by atoms with Crippen LogP contribution in [0.2, 0.25) is 0 Å². The van der Waals surface area contributed by atoms with E-state index in [2.05, 4.69) is 0 Å². The van der Waals surface area contributed by atoms with Gasteiger partial charge in [0, 0.05) is 0 Å². The summed E-state index contributed by atoms with van der Waals surface area (Å²) in [6.07, 6.45) is -4.55. The van der Waals surface area contributed by atoms with Crippen molar-refractivity contribution < 1.29 is 30.8 Å². The van der Waals surface area contributed by atoms with Crippen LogP contribution in [0.25, 0.3) is 0 Å². The van der Waals surface area contributed by atoms with E-state index in [9.17, 15) is 30.8 Å². The molecular weight excluding hydrogens is 324 g/mol. The molecule has 0 saturated heterocycles. The molecule has 0 amide bonds. The molecule has 0 unspecified atom stereocenters. The van der Waals surface area contributed by atoms with E-state index in [0.29, 0.717) is 12.1 Å². The molecule has 0 atom stereocenters.